The maximum absolute atomic E-state index is 12.9. The van der Waals surface area contributed by atoms with E-state index in [1.54, 1.807) is 7.05 Å². The van der Waals surface area contributed by atoms with Crippen LogP contribution in [0.15, 0.2) is 35.6 Å². The van der Waals surface area contributed by atoms with Crippen molar-refractivity contribution in [2.24, 2.45) is 10.9 Å². The number of carbonyl (C=O) groups is 2. The Labute approximate surface area is 139 Å². The van der Waals surface area contributed by atoms with Gasteiger partial charge in [-0.1, -0.05) is 31.2 Å². The van der Waals surface area contributed by atoms with Crippen molar-refractivity contribution in [3.63, 3.8) is 0 Å². The van der Waals surface area contributed by atoms with E-state index < -0.39 is 5.92 Å². The SMILES string of the molecule is CCc1ccc(C2CC(=O)N=C3C2C(=O)N(C)c2ncnn23)cc1. The lowest BCUT2D eigenvalue weighted by molar-refractivity contribution is -0.123. The van der Waals surface area contributed by atoms with Crippen molar-refractivity contribution >= 4 is 23.6 Å². The van der Waals surface area contributed by atoms with E-state index >= 15 is 0 Å². The largest absolute Gasteiger partial charge is 0.283 e. The first-order valence-corrected chi connectivity index (χ1v) is 7.98. The van der Waals surface area contributed by atoms with E-state index in [4.69, 9.17) is 0 Å². The zero-order valence-electron chi connectivity index (χ0n) is 13.5. The Hall–Kier alpha value is -2.83. The van der Waals surface area contributed by atoms with Crippen molar-refractivity contribution in [1.29, 1.82) is 0 Å². The molecule has 0 saturated heterocycles. The monoisotopic (exact) mass is 323 g/mol. The van der Waals surface area contributed by atoms with Gasteiger partial charge in [0.15, 0.2) is 5.84 Å². The van der Waals surface area contributed by atoms with Crippen LogP contribution in [0.4, 0.5) is 5.95 Å². The van der Waals surface area contributed by atoms with Crippen LogP contribution in [-0.4, -0.2) is 39.5 Å². The highest BCUT2D eigenvalue weighted by atomic mass is 16.2. The van der Waals surface area contributed by atoms with E-state index in [1.807, 2.05) is 24.3 Å². The Kier molecular flexibility index (Phi) is 3.30. The zero-order valence-corrected chi connectivity index (χ0v) is 13.5. The average molecular weight is 323 g/mol. The van der Waals surface area contributed by atoms with Gasteiger partial charge in [-0.2, -0.15) is 19.8 Å². The molecule has 2 aliphatic heterocycles. The van der Waals surface area contributed by atoms with E-state index in [1.165, 1.54) is 21.5 Å². The number of hydrogen-bond donors (Lipinski definition) is 0. The molecule has 0 N–H and O–H groups in total. The molecule has 7 nitrogen and oxygen atoms in total. The third kappa shape index (κ3) is 2.08. The normalized spacial score (nSPS) is 22.9. The molecule has 24 heavy (non-hydrogen) atoms. The van der Waals surface area contributed by atoms with Gasteiger partial charge in [0.05, 0.1) is 0 Å². The van der Waals surface area contributed by atoms with Gasteiger partial charge in [-0.25, -0.2) is 0 Å². The van der Waals surface area contributed by atoms with Crippen molar-refractivity contribution in [3.8, 4) is 0 Å². The predicted octanol–water partition coefficient (Wildman–Crippen LogP) is 1.39. The molecule has 0 radical (unpaired) electrons. The summed E-state index contributed by atoms with van der Waals surface area (Å²) >= 11 is 0. The Morgan fingerprint density at radius 3 is 2.67 bits per heavy atom. The van der Waals surface area contributed by atoms with Gasteiger partial charge in [0, 0.05) is 19.4 Å². The summed E-state index contributed by atoms with van der Waals surface area (Å²) in [6.45, 7) is 2.09. The minimum Gasteiger partial charge on any atom is -0.283 e. The summed E-state index contributed by atoms with van der Waals surface area (Å²) in [6, 6.07) is 8.10. The van der Waals surface area contributed by atoms with E-state index in [0.29, 0.717) is 11.8 Å². The fourth-order valence-electron chi connectivity index (χ4n) is 3.43. The van der Waals surface area contributed by atoms with Gasteiger partial charge in [-0.15, -0.1) is 0 Å². The molecule has 4 rings (SSSR count). The van der Waals surface area contributed by atoms with E-state index in [2.05, 4.69) is 22.0 Å². The van der Waals surface area contributed by atoms with Crippen LogP contribution in [0, 0.1) is 5.92 Å². The number of hydrogen-bond acceptors (Lipinski definition) is 4. The minimum absolute atomic E-state index is 0.105. The number of benzene rings is 1. The summed E-state index contributed by atoms with van der Waals surface area (Å²) in [7, 11) is 1.67. The summed E-state index contributed by atoms with van der Waals surface area (Å²) in [6.07, 6.45) is 2.54. The molecular weight excluding hydrogens is 306 g/mol. The Morgan fingerprint density at radius 2 is 1.96 bits per heavy atom. The topological polar surface area (TPSA) is 80.5 Å². The molecule has 0 saturated carbocycles. The van der Waals surface area contributed by atoms with Gasteiger partial charge in [-0.3, -0.25) is 14.5 Å². The summed E-state index contributed by atoms with van der Waals surface area (Å²) in [5.74, 6) is -0.315. The lowest BCUT2D eigenvalue weighted by atomic mass is 9.79. The van der Waals surface area contributed by atoms with Gasteiger partial charge in [-0.05, 0) is 17.5 Å². The Balaban J connectivity index is 1.82. The van der Waals surface area contributed by atoms with Gasteiger partial charge in [0.1, 0.15) is 12.2 Å². The fraction of sp³-hybridized carbons (Fsp3) is 0.353. The molecule has 0 fully saturated rings. The van der Waals surface area contributed by atoms with E-state index in [0.717, 1.165) is 12.0 Å². The Bertz CT molecular complexity index is 852. The van der Waals surface area contributed by atoms with Crippen LogP contribution in [0.25, 0.3) is 0 Å². The standard InChI is InChI=1S/C17H17N5O2/c1-3-10-4-6-11(7-5-10)12-8-13(23)20-15-14(12)16(24)21(2)17-18-9-19-22(15)17/h4-7,9,12,14H,3,8H2,1-2H3. The number of aliphatic imine (C=N–C) groups is 1. The van der Waals surface area contributed by atoms with Crippen molar-refractivity contribution in [1.82, 2.24) is 14.8 Å². The quantitative estimate of drug-likeness (QED) is 0.836. The second kappa shape index (κ2) is 5.36. The highest BCUT2D eigenvalue weighted by molar-refractivity contribution is 6.17. The van der Waals surface area contributed by atoms with Crippen LogP contribution in [0.3, 0.4) is 0 Å². The number of anilines is 1. The minimum atomic E-state index is -0.519. The summed E-state index contributed by atoms with van der Waals surface area (Å²) in [5, 5.41) is 4.14. The molecule has 7 heteroatoms. The number of amides is 2. The fourth-order valence-corrected chi connectivity index (χ4v) is 3.43. The van der Waals surface area contributed by atoms with Crippen molar-refractivity contribution in [3.05, 3.63) is 41.7 Å². The molecule has 2 aliphatic rings. The van der Waals surface area contributed by atoms with Crippen molar-refractivity contribution in [2.45, 2.75) is 25.7 Å². The third-order valence-electron chi connectivity index (χ3n) is 4.77. The number of nitrogens with zero attached hydrogens (tertiary/aromatic N) is 5. The number of carbonyl (C=O) groups excluding carboxylic acids is 2. The maximum atomic E-state index is 12.9. The van der Waals surface area contributed by atoms with Crippen LogP contribution >= 0.6 is 0 Å². The molecule has 2 aromatic rings. The first-order chi connectivity index (χ1) is 11.6. The Morgan fingerprint density at radius 1 is 1.21 bits per heavy atom. The second-order valence-electron chi connectivity index (χ2n) is 6.12. The molecule has 0 aliphatic carbocycles. The smallest absolute Gasteiger partial charge is 0.248 e. The van der Waals surface area contributed by atoms with Crippen LogP contribution in [-0.2, 0) is 16.0 Å². The molecule has 3 heterocycles. The lowest BCUT2D eigenvalue weighted by Crippen LogP contribution is -2.51. The number of aryl methyl sites for hydroxylation is 1. The van der Waals surface area contributed by atoms with Crippen LogP contribution < -0.4 is 4.90 Å². The van der Waals surface area contributed by atoms with Crippen LogP contribution in [0.5, 0.6) is 0 Å². The molecule has 122 valence electrons. The summed E-state index contributed by atoms with van der Waals surface area (Å²) in [4.78, 5) is 34.7. The number of rotatable bonds is 2. The van der Waals surface area contributed by atoms with Gasteiger partial charge >= 0.3 is 0 Å². The molecule has 1 aromatic heterocycles. The highest BCUT2D eigenvalue weighted by Crippen LogP contribution is 2.38. The average Bonchev–Trinajstić information content (AvgIpc) is 3.09. The van der Waals surface area contributed by atoms with Crippen LogP contribution in [0.2, 0.25) is 0 Å². The van der Waals surface area contributed by atoms with Gasteiger partial charge in [0.2, 0.25) is 17.8 Å². The number of fused-ring (bicyclic) bond motifs is 3. The maximum Gasteiger partial charge on any atom is 0.248 e. The molecule has 2 amide bonds. The molecule has 0 bridgehead atoms. The molecule has 2 atom stereocenters. The van der Waals surface area contributed by atoms with Crippen LogP contribution in [0.1, 0.15) is 30.4 Å². The van der Waals surface area contributed by atoms with Gasteiger partial charge in [0.25, 0.3) is 0 Å². The third-order valence-corrected chi connectivity index (χ3v) is 4.77. The van der Waals surface area contributed by atoms with Crippen molar-refractivity contribution in [2.75, 3.05) is 11.9 Å². The second-order valence-corrected chi connectivity index (χ2v) is 6.12. The first kappa shape index (κ1) is 14.7. The summed E-state index contributed by atoms with van der Waals surface area (Å²) in [5.41, 5.74) is 2.20. The van der Waals surface area contributed by atoms with E-state index in [9.17, 15) is 9.59 Å². The molecular formula is C17H17N5O2. The first-order valence-electron chi connectivity index (χ1n) is 7.98. The van der Waals surface area contributed by atoms with Crippen molar-refractivity contribution < 1.29 is 9.59 Å². The molecule has 1 aromatic carbocycles. The number of aromatic nitrogens is 3. The zero-order chi connectivity index (χ0) is 16.8. The predicted molar refractivity (Wildman–Crippen MR) is 87.9 cm³/mol. The molecule has 2 unspecified atom stereocenters. The highest BCUT2D eigenvalue weighted by Gasteiger charge is 2.46. The summed E-state index contributed by atoms with van der Waals surface area (Å²) < 4.78 is 1.50. The van der Waals surface area contributed by atoms with E-state index in [-0.39, 0.29) is 24.2 Å². The van der Waals surface area contributed by atoms with Gasteiger partial charge < -0.3 is 0 Å². The molecule has 0 spiro atoms. The lowest BCUT2D eigenvalue weighted by Gasteiger charge is -2.36.